The zero-order chi connectivity index (χ0) is 27.3. The van der Waals surface area contributed by atoms with Crippen LogP contribution < -0.4 is 10.6 Å². The number of sulfonamides is 1. The Bertz CT molecular complexity index is 1420. The van der Waals surface area contributed by atoms with Gasteiger partial charge in [-0.25, -0.2) is 13.4 Å². The van der Waals surface area contributed by atoms with E-state index in [1.54, 1.807) is 42.5 Å². The van der Waals surface area contributed by atoms with Gasteiger partial charge in [-0.15, -0.1) is 0 Å². The van der Waals surface area contributed by atoms with Crippen molar-refractivity contribution in [2.45, 2.75) is 36.4 Å². The predicted molar refractivity (Wildman–Crippen MR) is 140 cm³/mol. The molecule has 1 aliphatic rings. The van der Waals surface area contributed by atoms with Crippen molar-refractivity contribution < 1.29 is 31.4 Å². The SMILES string of the molecule is CS(=O)CC[C@H](NC(=O)c1cc2ccccc2o1)C(=O)NC1CCCN(S(=O)(=O)c2ccccn2)CC1=O. The quantitative estimate of drug-likeness (QED) is 0.396. The summed E-state index contributed by atoms with van der Waals surface area (Å²) < 4.78 is 44.2. The van der Waals surface area contributed by atoms with Crippen molar-refractivity contribution in [2.24, 2.45) is 0 Å². The van der Waals surface area contributed by atoms with Crippen molar-refractivity contribution in [2.75, 3.05) is 25.1 Å². The summed E-state index contributed by atoms with van der Waals surface area (Å²) in [7, 11) is -5.20. The van der Waals surface area contributed by atoms with Crippen LogP contribution in [0, 0.1) is 0 Å². The molecule has 2 aromatic heterocycles. The molecule has 13 heteroatoms. The number of carbonyl (C=O) groups is 3. The molecular weight excluding hydrogens is 532 g/mol. The number of hydrogen-bond donors (Lipinski definition) is 2. The van der Waals surface area contributed by atoms with E-state index in [0.717, 1.165) is 9.69 Å². The Labute approximate surface area is 222 Å². The van der Waals surface area contributed by atoms with Crippen molar-refractivity contribution in [3.05, 3.63) is 60.5 Å². The second kappa shape index (κ2) is 12.0. The van der Waals surface area contributed by atoms with Crippen LogP contribution in [0.5, 0.6) is 0 Å². The third-order valence-electron chi connectivity index (χ3n) is 6.14. The predicted octanol–water partition coefficient (Wildman–Crippen LogP) is 1.23. The summed E-state index contributed by atoms with van der Waals surface area (Å²) in [5.74, 6) is -1.56. The number of fused-ring (bicyclic) bond motifs is 1. The molecule has 0 aliphatic carbocycles. The summed E-state index contributed by atoms with van der Waals surface area (Å²) in [5, 5.41) is 5.85. The van der Waals surface area contributed by atoms with Crippen molar-refractivity contribution >= 4 is 49.4 Å². The molecule has 4 rings (SSSR count). The van der Waals surface area contributed by atoms with E-state index in [1.807, 2.05) is 0 Å². The average molecular weight is 561 g/mol. The lowest BCUT2D eigenvalue weighted by atomic mass is 10.1. The zero-order valence-electron chi connectivity index (χ0n) is 20.7. The molecule has 0 spiro atoms. The molecule has 2 N–H and O–H groups in total. The van der Waals surface area contributed by atoms with Gasteiger partial charge < -0.3 is 15.1 Å². The number of Topliss-reactive ketones (excluding diaryl/α,β-unsaturated/α-hetero) is 1. The summed E-state index contributed by atoms with van der Waals surface area (Å²) in [5.41, 5.74) is 0.516. The fourth-order valence-electron chi connectivity index (χ4n) is 4.13. The number of hydrogen-bond acceptors (Lipinski definition) is 8. The number of amides is 2. The third-order valence-corrected chi connectivity index (χ3v) is 8.72. The topological polar surface area (TPSA) is 156 Å². The number of nitrogens with zero attached hydrogens (tertiary/aromatic N) is 2. The highest BCUT2D eigenvalue weighted by atomic mass is 32.2. The van der Waals surface area contributed by atoms with Crippen molar-refractivity contribution in [3.63, 3.8) is 0 Å². The third kappa shape index (κ3) is 6.52. The average Bonchev–Trinajstić information content (AvgIpc) is 3.25. The van der Waals surface area contributed by atoms with Crippen LogP contribution in [0.15, 0.2) is 64.2 Å². The van der Waals surface area contributed by atoms with E-state index in [4.69, 9.17) is 4.42 Å². The number of pyridine rings is 1. The van der Waals surface area contributed by atoms with Crippen LogP contribution in [0.2, 0.25) is 0 Å². The van der Waals surface area contributed by atoms with Crippen LogP contribution in [0.3, 0.4) is 0 Å². The van der Waals surface area contributed by atoms with Gasteiger partial charge in [-0.1, -0.05) is 24.3 Å². The summed E-state index contributed by atoms with van der Waals surface area (Å²) >= 11 is 0. The number of nitrogens with one attached hydrogen (secondary N) is 2. The minimum Gasteiger partial charge on any atom is -0.451 e. The molecule has 1 saturated heterocycles. The van der Waals surface area contributed by atoms with Gasteiger partial charge in [-0.2, -0.15) is 4.31 Å². The van der Waals surface area contributed by atoms with Gasteiger partial charge in [0.05, 0.1) is 12.6 Å². The second-order valence-electron chi connectivity index (χ2n) is 8.92. The van der Waals surface area contributed by atoms with Gasteiger partial charge in [-0.05, 0) is 43.5 Å². The first kappa shape index (κ1) is 27.6. The molecule has 0 radical (unpaired) electrons. The van der Waals surface area contributed by atoms with Crippen molar-refractivity contribution in [1.29, 1.82) is 0 Å². The molecule has 11 nitrogen and oxygen atoms in total. The Hall–Kier alpha value is -3.42. The molecule has 3 atom stereocenters. The lowest BCUT2D eigenvalue weighted by Crippen LogP contribution is -2.52. The van der Waals surface area contributed by atoms with Crippen LogP contribution in [-0.4, -0.2) is 76.7 Å². The van der Waals surface area contributed by atoms with E-state index >= 15 is 0 Å². The van der Waals surface area contributed by atoms with Gasteiger partial charge in [0.25, 0.3) is 15.9 Å². The van der Waals surface area contributed by atoms with Crippen molar-refractivity contribution in [3.8, 4) is 0 Å². The van der Waals surface area contributed by atoms with Gasteiger partial charge in [0.15, 0.2) is 16.6 Å². The van der Waals surface area contributed by atoms with Gasteiger partial charge >= 0.3 is 0 Å². The summed E-state index contributed by atoms with van der Waals surface area (Å²) in [6.07, 6.45) is 3.47. The number of para-hydroxylation sites is 1. The van der Waals surface area contributed by atoms with Crippen LogP contribution >= 0.6 is 0 Å². The molecule has 1 fully saturated rings. The molecule has 202 valence electrons. The Morgan fingerprint density at radius 3 is 2.68 bits per heavy atom. The lowest BCUT2D eigenvalue weighted by Gasteiger charge is -2.22. The number of benzene rings is 1. The smallest absolute Gasteiger partial charge is 0.287 e. The van der Waals surface area contributed by atoms with Crippen molar-refractivity contribution in [1.82, 2.24) is 19.9 Å². The molecule has 0 saturated carbocycles. The number of aromatic nitrogens is 1. The van der Waals surface area contributed by atoms with Gasteiger partial charge in [0.1, 0.15) is 11.6 Å². The minimum absolute atomic E-state index is 0.0162. The number of furan rings is 1. The number of ketones is 1. The normalized spacial score (nSPS) is 18.4. The van der Waals surface area contributed by atoms with Gasteiger partial charge in [0.2, 0.25) is 5.91 Å². The highest BCUT2D eigenvalue weighted by Crippen LogP contribution is 2.20. The summed E-state index contributed by atoms with van der Waals surface area (Å²) in [6, 6.07) is 11.1. The first-order chi connectivity index (χ1) is 18.1. The van der Waals surface area contributed by atoms with E-state index in [1.165, 1.54) is 18.5 Å². The fourth-order valence-corrected chi connectivity index (χ4v) is 6.08. The largest absolute Gasteiger partial charge is 0.451 e. The molecular formula is C25H28N4O7S2. The minimum atomic E-state index is -3.97. The van der Waals surface area contributed by atoms with Crippen LogP contribution in [0.4, 0.5) is 0 Å². The van der Waals surface area contributed by atoms with E-state index in [-0.39, 0.29) is 35.9 Å². The first-order valence-electron chi connectivity index (χ1n) is 12.0. The highest BCUT2D eigenvalue weighted by molar-refractivity contribution is 7.89. The van der Waals surface area contributed by atoms with Crippen LogP contribution in [0.1, 0.15) is 29.8 Å². The monoisotopic (exact) mass is 560 g/mol. The van der Waals surface area contributed by atoms with E-state index in [9.17, 15) is 27.0 Å². The molecule has 3 aromatic rings. The summed E-state index contributed by atoms with van der Waals surface area (Å²) in [4.78, 5) is 42.9. The summed E-state index contributed by atoms with van der Waals surface area (Å²) in [6.45, 7) is -0.323. The maximum Gasteiger partial charge on any atom is 0.287 e. The maximum absolute atomic E-state index is 13.2. The first-order valence-corrected chi connectivity index (χ1v) is 15.2. The number of rotatable bonds is 9. The molecule has 2 amide bonds. The molecule has 1 aliphatic heterocycles. The van der Waals surface area contributed by atoms with Crippen LogP contribution in [0.25, 0.3) is 11.0 Å². The maximum atomic E-state index is 13.2. The molecule has 1 aromatic carbocycles. The molecule has 0 bridgehead atoms. The standard InChI is InChI=1S/C25H28N4O7S2/c1-37(33)14-11-19(28-25(32)22-15-17-7-2-3-9-21(17)36-22)24(31)27-18-8-6-13-29(16-20(18)30)38(34,35)23-10-4-5-12-26-23/h2-5,7,9-10,12,15,18-19H,6,8,11,13-14,16H2,1H3,(H,27,31)(H,28,32)/t18?,19-,37?/m0/s1. The lowest BCUT2D eigenvalue weighted by molar-refractivity contribution is -0.128. The Morgan fingerprint density at radius 2 is 1.97 bits per heavy atom. The van der Waals surface area contributed by atoms with E-state index in [0.29, 0.717) is 12.0 Å². The zero-order valence-corrected chi connectivity index (χ0v) is 22.3. The molecule has 2 unspecified atom stereocenters. The number of carbonyl (C=O) groups excluding carboxylic acids is 3. The fraction of sp³-hybridized carbons (Fsp3) is 0.360. The Morgan fingerprint density at radius 1 is 1.21 bits per heavy atom. The second-order valence-corrected chi connectivity index (χ2v) is 12.4. The van der Waals surface area contributed by atoms with Gasteiger partial charge in [0, 0.05) is 40.9 Å². The van der Waals surface area contributed by atoms with E-state index < -0.39 is 57.0 Å². The Balaban J connectivity index is 1.45. The van der Waals surface area contributed by atoms with E-state index in [2.05, 4.69) is 15.6 Å². The van der Waals surface area contributed by atoms with Crippen LogP contribution in [-0.2, 0) is 30.4 Å². The van der Waals surface area contributed by atoms with Gasteiger partial charge in [-0.3, -0.25) is 18.6 Å². The highest BCUT2D eigenvalue weighted by Gasteiger charge is 2.35. The molecule has 38 heavy (non-hydrogen) atoms. The molecule has 3 heterocycles. The Kier molecular flexibility index (Phi) is 8.69.